The fourth-order valence-electron chi connectivity index (χ4n) is 5.90. The Morgan fingerprint density at radius 3 is 1.50 bits per heavy atom. The second-order valence-corrected chi connectivity index (χ2v) is 15.0. The summed E-state index contributed by atoms with van der Waals surface area (Å²) < 4.78 is 44.6. The number of hydrogen-bond donors (Lipinski definition) is 0. The SMILES string of the molecule is CC(=O)O[C@@H]1[C@@H](OC(C)=O)[C@H](OC(=O)C(C)(C)CCCCOCCCCC(C)(C)C(=O)OCc2ccccc2)O[C@H](C(=O)OCc2ccccc2)[C@H]1OC(C)=O. The minimum Gasteiger partial charge on any atom is -0.460 e. The van der Waals surface area contributed by atoms with Crippen LogP contribution in [0.4, 0.5) is 0 Å². The predicted molar refractivity (Wildman–Crippen MR) is 200 cm³/mol. The highest BCUT2D eigenvalue weighted by molar-refractivity contribution is 5.78. The normalized spacial score (nSPS) is 19.6. The third-order valence-electron chi connectivity index (χ3n) is 9.08. The van der Waals surface area contributed by atoms with Gasteiger partial charge in [0.25, 0.3) is 0 Å². The summed E-state index contributed by atoms with van der Waals surface area (Å²) in [5, 5.41) is 0. The first kappa shape index (κ1) is 45.6. The maximum atomic E-state index is 13.6. The third-order valence-corrected chi connectivity index (χ3v) is 9.08. The van der Waals surface area contributed by atoms with E-state index in [1.165, 1.54) is 0 Å². The van der Waals surface area contributed by atoms with E-state index >= 15 is 0 Å². The minimum atomic E-state index is -1.74. The van der Waals surface area contributed by atoms with Gasteiger partial charge in [-0.3, -0.25) is 24.0 Å². The molecule has 1 aliphatic rings. The van der Waals surface area contributed by atoms with E-state index in [9.17, 15) is 28.8 Å². The van der Waals surface area contributed by atoms with Crippen LogP contribution in [0.5, 0.6) is 0 Å². The van der Waals surface area contributed by atoms with E-state index in [0.717, 1.165) is 39.2 Å². The molecule has 1 aliphatic heterocycles. The summed E-state index contributed by atoms with van der Waals surface area (Å²) in [6.45, 7) is 11.4. The first-order valence-corrected chi connectivity index (χ1v) is 18.9. The first-order valence-electron chi connectivity index (χ1n) is 18.9. The molecule has 0 spiro atoms. The average molecular weight is 785 g/mol. The molecular weight excluding hydrogens is 728 g/mol. The summed E-state index contributed by atoms with van der Waals surface area (Å²) in [5.41, 5.74) is -0.0946. The Balaban J connectivity index is 1.54. The second-order valence-electron chi connectivity index (χ2n) is 15.0. The van der Waals surface area contributed by atoms with E-state index in [1.807, 2.05) is 44.2 Å². The molecule has 308 valence electrons. The highest BCUT2D eigenvalue weighted by Gasteiger charge is 2.56. The monoisotopic (exact) mass is 784 g/mol. The minimum absolute atomic E-state index is 0.163. The summed E-state index contributed by atoms with van der Waals surface area (Å²) in [4.78, 5) is 76.2. The standard InChI is InChI=1S/C42H56O14/c1-28(43)52-33-34(53-29(2)44)36(54-30(3)45)38(55-35(33)37(46)50-26-31-18-10-8-11-19-31)56-40(48)42(6,7)23-15-17-25-49-24-16-14-22-41(4,5)39(47)51-27-32-20-12-9-13-21-32/h8-13,18-21,33-36,38H,14-17,22-27H2,1-7H3/t33-,34-,35-,36+,38-/m0/s1. The molecule has 0 saturated carbocycles. The van der Waals surface area contributed by atoms with Crippen molar-refractivity contribution in [2.24, 2.45) is 10.8 Å². The van der Waals surface area contributed by atoms with Gasteiger partial charge in [0.1, 0.15) is 13.2 Å². The number of carbonyl (C=O) groups is 6. The molecule has 1 saturated heterocycles. The molecular formula is C42H56O14. The van der Waals surface area contributed by atoms with E-state index in [1.54, 1.807) is 44.2 Å². The van der Waals surface area contributed by atoms with Crippen LogP contribution in [-0.4, -0.2) is 79.7 Å². The van der Waals surface area contributed by atoms with Crippen LogP contribution in [0.3, 0.4) is 0 Å². The van der Waals surface area contributed by atoms with E-state index in [0.29, 0.717) is 44.5 Å². The lowest BCUT2D eigenvalue weighted by Gasteiger charge is -2.43. The molecule has 14 nitrogen and oxygen atoms in total. The van der Waals surface area contributed by atoms with Crippen molar-refractivity contribution in [2.45, 2.75) is 131 Å². The van der Waals surface area contributed by atoms with Crippen LogP contribution >= 0.6 is 0 Å². The van der Waals surface area contributed by atoms with Gasteiger partial charge in [0, 0.05) is 34.0 Å². The van der Waals surface area contributed by atoms with Gasteiger partial charge in [-0.1, -0.05) is 73.5 Å². The molecule has 5 atom stereocenters. The lowest BCUT2D eigenvalue weighted by molar-refractivity contribution is -0.297. The summed E-state index contributed by atoms with van der Waals surface area (Å²) >= 11 is 0. The van der Waals surface area contributed by atoms with Gasteiger partial charge in [-0.05, 0) is 64.5 Å². The lowest BCUT2D eigenvalue weighted by atomic mass is 9.87. The van der Waals surface area contributed by atoms with Gasteiger partial charge in [-0.25, -0.2) is 4.79 Å². The van der Waals surface area contributed by atoms with Crippen LogP contribution in [0.2, 0.25) is 0 Å². The fourth-order valence-corrected chi connectivity index (χ4v) is 5.90. The molecule has 0 radical (unpaired) electrons. The molecule has 0 aromatic heterocycles. The van der Waals surface area contributed by atoms with Crippen molar-refractivity contribution >= 4 is 35.8 Å². The summed E-state index contributed by atoms with van der Waals surface area (Å²) in [6, 6.07) is 18.3. The number of ether oxygens (including phenoxy) is 8. The van der Waals surface area contributed by atoms with Crippen molar-refractivity contribution in [3.8, 4) is 0 Å². The summed E-state index contributed by atoms with van der Waals surface area (Å²) in [6.07, 6.45) is -4.43. The van der Waals surface area contributed by atoms with Crippen molar-refractivity contribution in [1.29, 1.82) is 0 Å². The topological polar surface area (TPSA) is 176 Å². The van der Waals surface area contributed by atoms with Gasteiger partial charge < -0.3 is 37.9 Å². The number of rotatable bonds is 21. The second kappa shape index (κ2) is 22.1. The van der Waals surface area contributed by atoms with Crippen LogP contribution in [-0.2, 0) is 79.9 Å². The Morgan fingerprint density at radius 1 is 0.554 bits per heavy atom. The number of carbonyl (C=O) groups excluding carboxylic acids is 6. The highest BCUT2D eigenvalue weighted by atomic mass is 16.8. The maximum Gasteiger partial charge on any atom is 0.339 e. The average Bonchev–Trinajstić information content (AvgIpc) is 3.14. The van der Waals surface area contributed by atoms with Crippen molar-refractivity contribution in [2.75, 3.05) is 13.2 Å². The van der Waals surface area contributed by atoms with Crippen molar-refractivity contribution in [3.05, 3.63) is 71.8 Å². The van der Waals surface area contributed by atoms with Crippen molar-refractivity contribution in [3.63, 3.8) is 0 Å². The molecule has 0 unspecified atom stereocenters. The van der Waals surface area contributed by atoms with Crippen LogP contribution in [0.1, 0.15) is 98.1 Å². The van der Waals surface area contributed by atoms with Crippen LogP contribution < -0.4 is 0 Å². The van der Waals surface area contributed by atoms with E-state index in [2.05, 4.69) is 0 Å². The molecule has 0 amide bonds. The van der Waals surface area contributed by atoms with Gasteiger partial charge in [0.15, 0.2) is 18.3 Å². The van der Waals surface area contributed by atoms with Crippen molar-refractivity contribution in [1.82, 2.24) is 0 Å². The van der Waals surface area contributed by atoms with Gasteiger partial charge in [-0.15, -0.1) is 0 Å². The number of benzene rings is 2. The third kappa shape index (κ3) is 15.0. The van der Waals surface area contributed by atoms with Gasteiger partial charge in [-0.2, -0.15) is 0 Å². The quantitative estimate of drug-likeness (QED) is 0.0825. The maximum absolute atomic E-state index is 13.6. The molecule has 0 bridgehead atoms. The van der Waals surface area contributed by atoms with Crippen LogP contribution in [0.15, 0.2) is 60.7 Å². The van der Waals surface area contributed by atoms with E-state index in [4.69, 9.17) is 37.9 Å². The van der Waals surface area contributed by atoms with Crippen LogP contribution in [0, 0.1) is 10.8 Å². The Hall–Kier alpha value is -4.82. The van der Waals surface area contributed by atoms with Gasteiger partial charge >= 0.3 is 35.8 Å². The zero-order valence-electron chi connectivity index (χ0n) is 33.4. The smallest absolute Gasteiger partial charge is 0.339 e. The predicted octanol–water partition coefficient (Wildman–Crippen LogP) is 5.95. The molecule has 14 heteroatoms. The Bertz CT molecular complexity index is 1590. The number of esters is 6. The molecule has 1 fully saturated rings. The Kier molecular flexibility index (Phi) is 17.9. The molecule has 1 heterocycles. The first-order chi connectivity index (χ1) is 26.5. The Labute approximate surface area is 328 Å². The van der Waals surface area contributed by atoms with E-state index in [-0.39, 0.29) is 19.2 Å². The zero-order valence-corrected chi connectivity index (χ0v) is 33.4. The molecule has 3 rings (SSSR count). The van der Waals surface area contributed by atoms with Gasteiger partial charge in [0.2, 0.25) is 12.4 Å². The fraction of sp³-hybridized carbons (Fsp3) is 0.571. The molecule has 56 heavy (non-hydrogen) atoms. The van der Waals surface area contributed by atoms with Crippen LogP contribution in [0.25, 0.3) is 0 Å². The Morgan fingerprint density at radius 2 is 1.00 bits per heavy atom. The highest BCUT2D eigenvalue weighted by Crippen LogP contribution is 2.33. The zero-order chi connectivity index (χ0) is 41.3. The summed E-state index contributed by atoms with van der Waals surface area (Å²) in [5.74, 6) is -4.51. The van der Waals surface area contributed by atoms with E-state index < -0.39 is 71.4 Å². The number of hydrogen-bond acceptors (Lipinski definition) is 14. The number of unbranched alkanes of at least 4 members (excludes halogenated alkanes) is 2. The molecule has 2 aromatic rings. The largest absolute Gasteiger partial charge is 0.460 e. The lowest BCUT2D eigenvalue weighted by Crippen LogP contribution is -2.64. The molecule has 0 N–H and O–H groups in total. The van der Waals surface area contributed by atoms with Crippen molar-refractivity contribution < 1.29 is 66.7 Å². The summed E-state index contributed by atoms with van der Waals surface area (Å²) in [7, 11) is 0. The molecule has 0 aliphatic carbocycles. The van der Waals surface area contributed by atoms with Gasteiger partial charge in [0.05, 0.1) is 10.8 Å². The molecule has 2 aromatic carbocycles.